The van der Waals surface area contributed by atoms with Gasteiger partial charge in [-0.25, -0.2) is 9.97 Å². The molecule has 0 aliphatic carbocycles. The van der Waals surface area contributed by atoms with E-state index in [1.54, 1.807) is 6.92 Å². The van der Waals surface area contributed by atoms with E-state index >= 15 is 0 Å². The number of nitrogens with one attached hydrogen (secondary N) is 1. The summed E-state index contributed by atoms with van der Waals surface area (Å²) in [4.78, 5) is 22.5. The van der Waals surface area contributed by atoms with Gasteiger partial charge in [0.15, 0.2) is 0 Å². The third-order valence-electron chi connectivity index (χ3n) is 2.75. The maximum Gasteiger partial charge on any atom is 0.256 e. The van der Waals surface area contributed by atoms with Crippen LogP contribution in [0.3, 0.4) is 0 Å². The van der Waals surface area contributed by atoms with Gasteiger partial charge < -0.3 is 14.7 Å². The number of nitrogens with zero attached hydrogens (tertiary/aromatic N) is 4. The monoisotopic (exact) mass is 275 g/mol. The van der Waals surface area contributed by atoms with E-state index in [1.165, 1.54) is 6.20 Å². The van der Waals surface area contributed by atoms with E-state index in [0.717, 1.165) is 11.5 Å². The van der Waals surface area contributed by atoms with Gasteiger partial charge in [-0.05, 0) is 13.8 Å². The average molecular weight is 275 g/mol. The summed E-state index contributed by atoms with van der Waals surface area (Å²) < 4.78 is 4.86. The number of aromatic nitrogens is 3. The molecule has 7 nitrogen and oxygen atoms in total. The number of carbonyl (C=O) groups excluding carboxylic acids is 1. The number of aryl methyl sites for hydroxylation is 2. The number of rotatable bonds is 4. The molecular weight excluding hydrogens is 258 g/mol. The molecule has 0 saturated carbocycles. The molecule has 0 bridgehead atoms. The molecule has 2 aromatic rings. The maximum atomic E-state index is 11.9. The zero-order chi connectivity index (χ0) is 14.7. The molecule has 7 heteroatoms. The zero-order valence-corrected chi connectivity index (χ0v) is 12.0. The first-order valence-corrected chi connectivity index (χ1v) is 6.18. The summed E-state index contributed by atoms with van der Waals surface area (Å²) in [7, 11) is 3.81. The van der Waals surface area contributed by atoms with Gasteiger partial charge in [-0.3, -0.25) is 4.79 Å². The third-order valence-corrected chi connectivity index (χ3v) is 2.75. The van der Waals surface area contributed by atoms with Crippen LogP contribution in [0.15, 0.2) is 16.8 Å². The highest BCUT2D eigenvalue weighted by atomic mass is 16.5. The topological polar surface area (TPSA) is 84.2 Å². The first-order valence-electron chi connectivity index (χ1n) is 6.18. The Hall–Kier alpha value is -2.44. The van der Waals surface area contributed by atoms with Gasteiger partial charge in [-0.2, -0.15) is 0 Å². The lowest BCUT2D eigenvalue weighted by atomic mass is 10.2. The van der Waals surface area contributed by atoms with Crippen LogP contribution in [-0.2, 0) is 6.54 Å². The number of carbonyl (C=O) groups is 1. The molecule has 2 heterocycles. The fourth-order valence-corrected chi connectivity index (χ4v) is 1.69. The smallest absolute Gasteiger partial charge is 0.256 e. The SMILES string of the molecule is Cc1cc(N(C)C)nc(CNC(=O)c2cnoc2C)n1. The first-order chi connectivity index (χ1) is 9.47. The van der Waals surface area contributed by atoms with Crippen molar-refractivity contribution >= 4 is 11.7 Å². The second-order valence-corrected chi connectivity index (χ2v) is 4.66. The summed E-state index contributed by atoms with van der Waals surface area (Å²) in [5, 5.41) is 6.33. The average Bonchev–Trinajstić information content (AvgIpc) is 2.81. The molecular formula is C13H17N5O2. The van der Waals surface area contributed by atoms with Crippen LogP contribution < -0.4 is 10.2 Å². The van der Waals surface area contributed by atoms with E-state index in [4.69, 9.17) is 4.52 Å². The molecule has 0 unspecified atom stereocenters. The van der Waals surface area contributed by atoms with Gasteiger partial charge in [-0.1, -0.05) is 5.16 Å². The van der Waals surface area contributed by atoms with Gasteiger partial charge in [0.1, 0.15) is 23.0 Å². The Balaban J connectivity index is 2.08. The summed E-state index contributed by atoms with van der Waals surface area (Å²) in [6.07, 6.45) is 1.40. The van der Waals surface area contributed by atoms with E-state index in [0.29, 0.717) is 17.1 Å². The molecule has 0 radical (unpaired) electrons. The quantitative estimate of drug-likeness (QED) is 0.898. The van der Waals surface area contributed by atoms with Gasteiger partial charge in [0.2, 0.25) is 0 Å². The van der Waals surface area contributed by atoms with E-state index in [1.807, 2.05) is 32.0 Å². The molecule has 0 fully saturated rings. The Morgan fingerprint density at radius 1 is 1.35 bits per heavy atom. The number of anilines is 1. The highest BCUT2D eigenvalue weighted by molar-refractivity contribution is 5.94. The Bertz CT molecular complexity index is 621. The minimum Gasteiger partial charge on any atom is -0.363 e. The van der Waals surface area contributed by atoms with Crippen LogP contribution in [0, 0.1) is 13.8 Å². The van der Waals surface area contributed by atoms with Crippen molar-refractivity contribution in [1.82, 2.24) is 20.4 Å². The van der Waals surface area contributed by atoms with E-state index in [-0.39, 0.29) is 12.5 Å². The fraction of sp³-hybridized carbons (Fsp3) is 0.385. The lowest BCUT2D eigenvalue weighted by molar-refractivity contribution is 0.0948. The summed E-state index contributed by atoms with van der Waals surface area (Å²) in [5.41, 5.74) is 1.28. The van der Waals surface area contributed by atoms with Crippen molar-refractivity contribution in [2.75, 3.05) is 19.0 Å². The normalized spacial score (nSPS) is 10.4. The van der Waals surface area contributed by atoms with E-state index in [9.17, 15) is 4.79 Å². The zero-order valence-electron chi connectivity index (χ0n) is 12.0. The molecule has 0 saturated heterocycles. The van der Waals surface area contributed by atoms with Crippen molar-refractivity contribution in [3.05, 3.63) is 35.1 Å². The van der Waals surface area contributed by atoms with Gasteiger partial charge in [-0.15, -0.1) is 0 Å². The number of hydrogen-bond acceptors (Lipinski definition) is 6. The Labute approximate surface area is 117 Å². The number of amides is 1. The van der Waals surface area contributed by atoms with Crippen LogP contribution in [0.2, 0.25) is 0 Å². The molecule has 0 aromatic carbocycles. The van der Waals surface area contributed by atoms with Gasteiger partial charge in [0, 0.05) is 25.9 Å². The molecule has 20 heavy (non-hydrogen) atoms. The largest absolute Gasteiger partial charge is 0.363 e. The highest BCUT2D eigenvalue weighted by Crippen LogP contribution is 2.10. The molecule has 2 aromatic heterocycles. The second-order valence-electron chi connectivity index (χ2n) is 4.66. The molecule has 0 aliphatic rings. The Morgan fingerprint density at radius 3 is 2.70 bits per heavy atom. The second kappa shape index (κ2) is 5.68. The Kier molecular flexibility index (Phi) is 3.97. The minimum absolute atomic E-state index is 0.250. The first kappa shape index (κ1) is 14.0. The predicted molar refractivity (Wildman–Crippen MR) is 73.5 cm³/mol. The van der Waals surface area contributed by atoms with Gasteiger partial charge in [0.25, 0.3) is 5.91 Å². The fourth-order valence-electron chi connectivity index (χ4n) is 1.69. The molecule has 0 aliphatic heterocycles. The molecule has 1 amide bonds. The van der Waals surface area contributed by atoms with Gasteiger partial charge in [0.05, 0.1) is 12.7 Å². The minimum atomic E-state index is -0.250. The van der Waals surface area contributed by atoms with Crippen LogP contribution in [0.5, 0.6) is 0 Å². The van der Waals surface area contributed by atoms with Crippen molar-refractivity contribution in [3.63, 3.8) is 0 Å². The lowest BCUT2D eigenvalue weighted by Gasteiger charge is -2.13. The van der Waals surface area contributed by atoms with Crippen molar-refractivity contribution in [2.45, 2.75) is 20.4 Å². The van der Waals surface area contributed by atoms with Crippen LogP contribution in [0.4, 0.5) is 5.82 Å². The van der Waals surface area contributed by atoms with Crippen LogP contribution in [0.25, 0.3) is 0 Å². The van der Waals surface area contributed by atoms with Crippen molar-refractivity contribution < 1.29 is 9.32 Å². The molecule has 2 rings (SSSR count). The van der Waals surface area contributed by atoms with Crippen molar-refractivity contribution in [1.29, 1.82) is 0 Å². The standard InChI is InChI=1S/C13H17N5O2/c1-8-5-12(18(3)4)17-11(16-8)7-14-13(19)10-6-15-20-9(10)2/h5-6H,7H2,1-4H3,(H,14,19). The van der Waals surface area contributed by atoms with E-state index in [2.05, 4.69) is 20.4 Å². The summed E-state index contributed by atoms with van der Waals surface area (Å²) in [6, 6.07) is 1.88. The highest BCUT2D eigenvalue weighted by Gasteiger charge is 2.13. The summed E-state index contributed by atoms with van der Waals surface area (Å²) >= 11 is 0. The molecule has 106 valence electrons. The summed E-state index contributed by atoms with van der Waals surface area (Å²) in [6.45, 7) is 3.84. The third kappa shape index (κ3) is 3.11. The van der Waals surface area contributed by atoms with Crippen molar-refractivity contribution in [3.8, 4) is 0 Å². The predicted octanol–water partition coefficient (Wildman–Crippen LogP) is 1.08. The Morgan fingerprint density at radius 2 is 2.10 bits per heavy atom. The number of hydrogen-bond donors (Lipinski definition) is 1. The molecule has 0 atom stereocenters. The molecule has 1 N–H and O–H groups in total. The van der Waals surface area contributed by atoms with Gasteiger partial charge >= 0.3 is 0 Å². The van der Waals surface area contributed by atoms with Crippen molar-refractivity contribution in [2.24, 2.45) is 0 Å². The van der Waals surface area contributed by atoms with Crippen LogP contribution in [-0.4, -0.2) is 35.1 Å². The maximum absolute atomic E-state index is 11.9. The van der Waals surface area contributed by atoms with E-state index < -0.39 is 0 Å². The lowest BCUT2D eigenvalue weighted by Crippen LogP contribution is -2.25. The molecule has 0 spiro atoms. The van der Waals surface area contributed by atoms with Crippen LogP contribution >= 0.6 is 0 Å². The summed E-state index contributed by atoms with van der Waals surface area (Å²) in [5.74, 6) is 1.61. The van der Waals surface area contributed by atoms with Crippen LogP contribution in [0.1, 0.15) is 27.6 Å².